The summed E-state index contributed by atoms with van der Waals surface area (Å²) < 4.78 is 40.3. The number of ether oxygens (including phenoxy) is 2. The van der Waals surface area contributed by atoms with Crippen molar-refractivity contribution >= 4 is 44.8 Å². The number of benzene rings is 4. The van der Waals surface area contributed by atoms with Crippen molar-refractivity contribution in [2.75, 3.05) is 25.0 Å². The van der Waals surface area contributed by atoms with E-state index in [-0.39, 0.29) is 40.9 Å². The highest BCUT2D eigenvalue weighted by Gasteiger charge is 2.24. The van der Waals surface area contributed by atoms with E-state index in [1.165, 1.54) is 54.5 Å². The number of rotatable bonds is 12. The molecule has 0 aliphatic rings. The predicted molar refractivity (Wildman–Crippen MR) is 160 cm³/mol. The summed E-state index contributed by atoms with van der Waals surface area (Å²) in [6.45, 7) is 0.272. The lowest BCUT2D eigenvalue weighted by atomic mass is 10.1. The average Bonchev–Trinajstić information content (AvgIpc) is 2.97. The third-order valence-electron chi connectivity index (χ3n) is 6.08. The SMILES string of the molecule is COc1ccccc1CN(CCCO)C(=O)c1cc(Cl)ccc1NS(=O)(=O)c1ccc(Oc2ccccc2Cl)cc1. The number of aliphatic hydroxyl groups is 1. The molecule has 4 aromatic carbocycles. The summed E-state index contributed by atoms with van der Waals surface area (Å²) in [4.78, 5) is 15.3. The standard InChI is InChI=1S/C30H28Cl2N2O6S/c1-39-28-9-4-2-7-21(28)20-34(17-6-18-35)30(36)25-19-22(31)11-16-27(25)33-41(37,38)24-14-12-23(13-15-24)40-29-10-5-3-8-26(29)32/h2-5,7-16,19,33,35H,6,17-18,20H2,1H3. The molecule has 214 valence electrons. The topological polar surface area (TPSA) is 105 Å². The number of nitrogens with zero attached hydrogens (tertiary/aromatic N) is 1. The summed E-state index contributed by atoms with van der Waals surface area (Å²) >= 11 is 12.4. The van der Waals surface area contributed by atoms with Crippen molar-refractivity contribution in [2.24, 2.45) is 0 Å². The zero-order chi connectivity index (χ0) is 29.4. The Bertz CT molecular complexity index is 1610. The van der Waals surface area contributed by atoms with Crippen LogP contribution < -0.4 is 14.2 Å². The molecule has 0 aromatic heterocycles. The Kier molecular flexibility index (Phi) is 10.1. The monoisotopic (exact) mass is 614 g/mol. The number of para-hydroxylation sites is 2. The summed E-state index contributed by atoms with van der Waals surface area (Å²) in [7, 11) is -2.56. The van der Waals surface area contributed by atoms with Gasteiger partial charge in [0.2, 0.25) is 0 Å². The van der Waals surface area contributed by atoms with E-state index in [1.54, 1.807) is 30.3 Å². The van der Waals surface area contributed by atoms with Crippen LogP contribution in [0.25, 0.3) is 0 Å². The van der Waals surface area contributed by atoms with Gasteiger partial charge in [-0.25, -0.2) is 8.42 Å². The van der Waals surface area contributed by atoms with Crippen LogP contribution in [0.15, 0.2) is 95.9 Å². The molecule has 0 aliphatic carbocycles. The first-order chi connectivity index (χ1) is 19.7. The second-order valence-electron chi connectivity index (χ2n) is 8.92. The lowest BCUT2D eigenvalue weighted by Crippen LogP contribution is -2.33. The van der Waals surface area contributed by atoms with E-state index < -0.39 is 15.9 Å². The highest BCUT2D eigenvalue weighted by molar-refractivity contribution is 7.92. The molecule has 0 saturated carbocycles. The van der Waals surface area contributed by atoms with Gasteiger partial charge in [0.1, 0.15) is 17.2 Å². The van der Waals surface area contributed by atoms with Gasteiger partial charge >= 0.3 is 0 Å². The van der Waals surface area contributed by atoms with Crippen molar-refractivity contribution in [3.8, 4) is 17.2 Å². The third kappa shape index (κ3) is 7.71. The van der Waals surface area contributed by atoms with Crippen LogP contribution in [-0.2, 0) is 16.6 Å². The number of carbonyl (C=O) groups excluding carboxylic acids is 1. The Morgan fingerprint density at radius 1 is 0.927 bits per heavy atom. The summed E-state index contributed by atoms with van der Waals surface area (Å²) in [5, 5.41) is 10.1. The molecular formula is C30H28Cl2N2O6S. The Hall–Kier alpha value is -3.76. The highest BCUT2D eigenvalue weighted by Crippen LogP contribution is 2.31. The van der Waals surface area contributed by atoms with Crippen LogP contribution in [0.3, 0.4) is 0 Å². The van der Waals surface area contributed by atoms with Crippen LogP contribution in [0.1, 0.15) is 22.3 Å². The number of aliphatic hydroxyl groups excluding tert-OH is 1. The minimum atomic E-state index is -4.10. The molecule has 4 rings (SSSR count). The normalized spacial score (nSPS) is 11.1. The minimum absolute atomic E-state index is 0.0384. The molecular weight excluding hydrogens is 587 g/mol. The lowest BCUT2D eigenvalue weighted by Gasteiger charge is -2.25. The molecule has 0 atom stereocenters. The number of methoxy groups -OCH3 is 1. The highest BCUT2D eigenvalue weighted by atomic mass is 35.5. The van der Waals surface area contributed by atoms with Crippen LogP contribution in [0.5, 0.6) is 17.2 Å². The van der Waals surface area contributed by atoms with Gasteiger partial charge in [-0.05, 0) is 67.1 Å². The molecule has 0 aliphatic heterocycles. The van der Waals surface area contributed by atoms with Crippen molar-refractivity contribution < 1.29 is 27.8 Å². The number of hydrogen-bond acceptors (Lipinski definition) is 6. The van der Waals surface area contributed by atoms with Gasteiger partial charge < -0.3 is 19.5 Å². The molecule has 0 fully saturated rings. The molecule has 0 saturated heterocycles. The fourth-order valence-electron chi connectivity index (χ4n) is 4.05. The van der Waals surface area contributed by atoms with E-state index in [9.17, 15) is 18.3 Å². The Morgan fingerprint density at radius 3 is 2.29 bits per heavy atom. The average molecular weight is 616 g/mol. The van der Waals surface area contributed by atoms with Gasteiger partial charge in [0, 0.05) is 30.3 Å². The molecule has 0 unspecified atom stereocenters. The summed E-state index contributed by atoms with van der Waals surface area (Å²) in [5.41, 5.74) is 0.877. The van der Waals surface area contributed by atoms with Crippen LogP contribution >= 0.6 is 23.2 Å². The number of sulfonamides is 1. The first-order valence-corrected chi connectivity index (χ1v) is 14.8. The second-order valence-corrected chi connectivity index (χ2v) is 11.4. The van der Waals surface area contributed by atoms with Crippen molar-refractivity contribution in [1.29, 1.82) is 0 Å². The van der Waals surface area contributed by atoms with Crippen molar-refractivity contribution in [2.45, 2.75) is 17.9 Å². The van der Waals surface area contributed by atoms with Crippen LogP contribution in [0.4, 0.5) is 5.69 Å². The van der Waals surface area contributed by atoms with E-state index in [4.69, 9.17) is 32.7 Å². The zero-order valence-corrected chi connectivity index (χ0v) is 24.4. The molecule has 0 spiro atoms. The maximum Gasteiger partial charge on any atom is 0.261 e. The van der Waals surface area contributed by atoms with Gasteiger partial charge in [-0.2, -0.15) is 0 Å². The number of nitrogens with one attached hydrogen (secondary N) is 1. The van der Waals surface area contributed by atoms with E-state index >= 15 is 0 Å². The maximum absolute atomic E-state index is 13.8. The molecule has 2 N–H and O–H groups in total. The Morgan fingerprint density at radius 2 is 1.61 bits per heavy atom. The van der Waals surface area contributed by atoms with E-state index in [2.05, 4.69) is 4.72 Å². The number of halogens is 2. The summed E-state index contributed by atoms with van der Waals surface area (Å²) in [5.74, 6) is 0.970. The quantitative estimate of drug-likeness (QED) is 0.186. The molecule has 0 heterocycles. The smallest absolute Gasteiger partial charge is 0.261 e. The minimum Gasteiger partial charge on any atom is -0.496 e. The lowest BCUT2D eigenvalue weighted by molar-refractivity contribution is 0.0732. The number of carbonyl (C=O) groups is 1. The summed E-state index contributed by atoms with van der Waals surface area (Å²) in [6.07, 6.45) is 0.325. The van der Waals surface area contributed by atoms with Crippen molar-refractivity contribution in [1.82, 2.24) is 4.90 Å². The molecule has 11 heteroatoms. The van der Waals surface area contributed by atoms with Gasteiger partial charge in [-0.3, -0.25) is 9.52 Å². The number of hydrogen-bond donors (Lipinski definition) is 2. The zero-order valence-electron chi connectivity index (χ0n) is 22.1. The fourth-order valence-corrected chi connectivity index (χ4v) is 5.48. The first-order valence-electron chi connectivity index (χ1n) is 12.6. The van der Waals surface area contributed by atoms with E-state index in [0.29, 0.717) is 28.7 Å². The van der Waals surface area contributed by atoms with Crippen LogP contribution in [0, 0.1) is 0 Å². The Labute approximate surface area is 249 Å². The second kappa shape index (κ2) is 13.7. The van der Waals surface area contributed by atoms with Crippen LogP contribution in [0.2, 0.25) is 10.0 Å². The Balaban J connectivity index is 1.59. The molecule has 0 bridgehead atoms. The number of amides is 1. The molecule has 1 amide bonds. The largest absolute Gasteiger partial charge is 0.496 e. The van der Waals surface area contributed by atoms with Gasteiger partial charge in [-0.15, -0.1) is 0 Å². The van der Waals surface area contributed by atoms with Crippen molar-refractivity contribution in [3.63, 3.8) is 0 Å². The van der Waals surface area contributed by atoms with Crippen LogP contribution in [-0.4, -0.2) is 44.6 Å². The fraction of sp³-hybridized carbons (Fsp3) is 0.167. The number of anilines is 1. The van der Waals surface area contributed by atoms with Crippen molar-refractivity contribution in [3.05, 3.63) is 112 Å². The van der Waals surface area contributed by atoms with Gasteiger partial charge in [0.25, 0.3) is 15.9 Å². The molecule has 41 heavy (non-hydrogen) atoms. The van der Waals surface area contributed by atoms with Gasteiger partial charge in [-0.1, -0.05) is 53.5 Å². The van der Waals surface area contributed by atoms with Gasteiger partial charge in [0.15, 0.2) is 0 Å². The maximum atomic E-state index is 13.8. The van der Waals surface area contributed by atoms with E-state index in [0.717, 1.165) is 5.56 Å². The molecule has 0 radical (unpaired) electrons. The van der Waals surface area contributed by atoms with E-state index in [1.807, 2.05) is 18.2 Å². The summed E-state index contributed by atoms with van der Waals surface area (Å²) in [6, 6.07) is 24.4. The third-order valence-corrected chi connectivity index (χ3v) is 8.01. The molecule has 4 aromatic rings. The predicted octanol–water partition coefficient (Wildman–Crippen LogP) is 6.62. The van der Waals surface area contributed by atoms with Gasteiger partial charge in [0.05, 0.1) is 28.3 Å². The first kappa shape index (κ1) is 30.2. The molecule has 8 nitrogen and oxygen atoms in total.